The van der Waals surface area contributed by atoms with Gasteiger partial charge in [-0.05, 0) is 40.5 Å². The Bertz CT molecular complexity index is 597. The number of hydrogen-bond acceptors (Lipinski definition) is 2. The van der Waals surface area contributed by atoms with E-state index in [1.54, 1.807) is 12.1 Å². The molecule has 100 valence electrons. The van der Waals surface area contributed by atoms with Gasteiger partial charge in [-0.25, -0.2) is 14.4 Å². The van der Waals surface area contributed by atoms with Gasteiger partial charge in [-0.2, -0.15) is 0 Å². The maximum absolute atomic E-state index is 13.5. The minimum absolute atomic E-state index is 0.320. The number of benzene rings is 1. The van der Waals surface area contributed by atoms with Crippen LogP contribution in [0.25, 0.3) is 11.4 Å². The smallest absolute Gasteiger partial charge is 0.162 e. The summed E-state index contributed by atoms with van der Waals surface area (Å²) >= 11 is 15.3. The van der Waals surface area contributed by atoms with E-state index in [1.165, 1.54) is 6.07 Å². The van der Waals surface area contributed by atoms with Gasteiger partial charge in [-0.15, -0.1) is 0 Å². The van der Waals surface area contributed by atoms with Crippen LogP contribution in [-0.4, -0.2) is 9.97 Å². The fourth-order valence-electron chi connectivity index (χ4n) is 1.65. The summed E-state index contributed by atoms with van der Waals surface area (Å²) in [6, 6.07) is 4.63. The highest BCUT2D eigenvalue weighted by Gasteiger charge is 2.13. The third-order valence-electron chi connectivity index (χ3n) is 2.58. The lowest BCUT2D eigenvalue weighted by Crippen LogP contribution is -1.98. The van der Waals surface area contributed by atoms with Gasteiger partial charge in [0.05, 0.1) is 4.47 Å². The molecule has 0 bridgehead atoms. The van der Waals surface area contributed by atoms with Crippen LogP contribution in [0.15, 0.2) is 22.7 Å². The quantitative estimate of drug-likeness (QED) is 0.691. The van der Waals surface area contributed by atoms with Crippen LogP contribution in [-0.2, 0) is 6.42 Å². The van der Waals surface area contributed by atoms with Crippen molar-refractivity contribution in [3.05, 3.63) is 44.4 Å². The van der Waals surface area contributed by atoms with E-state index in [9.17, 15) is 4.39 Å². The first-order chi connectivity index (χ1) is 9.02. The monoisotopic (exact) mass is 362 g/mol. The number of nitrogens with zero attached hydrogens (tertiary/aromatic N) is 2. The van der Waals surface area contributed by atoms with Crippen LogP contribution in [0, 0.1) is 5.82 Å². The van der Waals surface area contributed by atoms with Crippen LogP contribution in [0.2, 0.25) is 10.3 Å². The molecule has 0 saturated heterocycles. The van der Waals surface area contributed by atoms with Gasteiger partial charge in [0.15, 0.2) is 5.82 Å². The molecule has 2 aromatic rings. The summed E-state index contributed by atoms with van der Waals surface area (Å²) in [6.07, 6.45) is 1.61. The molecule has 2 rings (SSSR count). The Labute approximate surface area is 129 Å². The second-order valence-electron chi connectivity index (χ2n) is 3.99. The zero-order chi connectivity index (χ0) is 14.0. The Morgan fingerprint density at radius 3 is 2.37 bits per heavy atom. The summed E-state index contributed by atoms with van der Waals surface area (Å²) in [6.45, 7) is 2.02. The SMILES string of the molecule is CCCc1c(Cl)nc(-c2ccc(Br)c(F)c2)nc1Cl. The average Bonchev–Trinajstić information content (AvgIpc) is 2.37. The molecule has 0 radical (unpaired) electrons. The average molecular weight is 364 g/mol. The zero-order valence-electron chi connectivity index (χ0n) is 10.1. The lowest BCUT2D eigenvalue weighted by Gasteiger charge is -2.07. The van der Waals surface area contributed by atoms with E-state index in [-0.39, 0.29) is 5.82 Å². The van der Waals surface area contributed by atoms with E-state index in [0.717, 1.165) is 12.0 Å². The molecule has 2 nitrogen and oxygen atoms in total. The van der Waals surface area contributed by atoms with Crippen molar-refractivity contribution in [3.63, 3.8) is 0 Å². The molecule has 1 aromatic heterocycles. The Morgan fingerprint density at radius 1 is 1.21 bits per heavy atom. The van der Waals surface area contributed by atoms with Crippen molar-refractivity contribution in [1.82, 2.24) is 9.97 Å². The Balaban J connectivity index is 2.48. The molecule has 0 unspecified atom stereocenters. The third kappa shape index (κ3) is 3.25. The topological polar surface area (TPSA) is 25.8 Å². The van der Waals surface area contributed by atoms with Crippen molar-refractivity contribution in [2.75, 3.05) is 0 Å². The first kappa shape index (κ1) is 14.7. The molecule has 1 aromatic carbocycles. The molecule has 0 aliphatic heterocycles. The number of aromatic nitrogens is 2. The molecule has 19 heavy (non-hydrogen) atoms. The molecule has 0 spiro atoms. The molecule has 0 saturated carbocycles. The number of rotatable bonds is 3. The minimum Gasteiger partial charge on any atom is -0.216 e. The van der Waals surface area contributed by atoms with Gasteiger partial charge >= 0.3 is 0 Å². The van der Waals surface area contributed by atoms with E-state index in [2.05, 4.69) is 25.9 Å². The van der Waals surface area contributed by atoms with Crippen molar-refractivity contribution in [2.24, 2.45) is 0 Å². The van der Waals surface area contributed by atoms with Gasteiger partial charge in [-0.1, -0.05) is 36.5 Å². The molecule has 0 aliphatic rings. The summed E-state index contributed by atoms with van der Waals surface area (Å²) in [5.41, 5.74) is 1.26. The second-order valence-corrected chi connectivity index (χ2v) is 5.56. The van der Waals surface area contributed by atoms with E-state index < -0.39 is 0 Å². The van der Waals surface area contributed by atoms with Gasteiger partial charge in [0.1, 0.15) is 16.1 Å². The van der Waals surface area contributed by atoms with Crippen LogP contribution in [0.4, 0.5) is 4.39 Å². The predicted molar refractivity (Wildman–Crippen MR) is 79.1 cm³/mol. The molecule has 0 amide bonds. The first-order valence-corrected chi connectivity index (χ1v) is 7.25. The van der Waals surface area contributed by atoms with E-state index in [4.69, 9.17) is 23.2 Å². The zero-order valence-corrected chi connectivity index (χ0v) is 13.2. The van der Waals surface area contributed by atoms with Crippen molar-refractivity contribution < 1.29 is 4.39 Å². The predicted octanol–water partition coefficient (Wildman–Crippen LogP) is 5.30. The molecular formula is C13H10BrCl2FN2. The fraction of sp³-hybridized carbons (Fsp3) is 0.231. The van der Waals surface area contributed by atoms with E-state index in [0.29, 0.717) is 32.6 Å². The largest absolute Gasteiger partial charge is 0.216 e. The molecule has 1 heterocycles. The second kappa shape index (κ2) is 6.16. The maximum atomic E-state index is 13.5. The molecule has 6 heteroatoms. The number of hydrogen-bond donors (Lipinski definition) is 0. The normalized spacial score (nSPS) is 10.8. The van der Waals surface area contributed by atoms with Gasteiger partial charge in [0.2, 0.25) is 0 Å². The highest BCUT2D eigenvalue weighted by molar-refractivity contribution is 9.10. The highest BCUT2D eigenvalue weighted by atomic mass is 79.9. The summed E-state index contributed by atoms with van der Waals surface area (Å²) in [5, 5.41) is 0.639. The minimum atomic E-state index is -0.383. The standard InChI is InChI=1S/C13H10BrCl2FN2/c1-2-3-8-11(15)18-13(19-12(8)16)7-4-5-9(14)10(17)6-7/h4-6H,2-3H2,1H3. The van der Waals surface area contributed by atoms with Crippen molar-refractivity contribution in [1.29, 1.82) is 0 Å². The summed E-state index contributed by atoms with van der Waals surface area (Å²) in [7, 11) is 0. The summed E-state index contributed by atoms with van der Waals surface area (Å²) < 4.78 is 13.9. The van der Waals surface area contributed by atoms with Gasteiger partial charge in [0.25, 0.3) is 0 Å². The molecule has 0 atom stereocenters. The van der Waals surface area contributed by atoms with E-state index >= 15 is 0 Å². The first-order valence-electron chi connectivity index (χ1n) is 5.70. The van der Waals surface area contributed by atoms with Crippen LogP contribution in [0.3, 0.4) is 0 Å². The van der Waals surface area contributed by atoms with Crippen LogP contribution in [0.5, 0.6) is 0 Å². The molecule has 0 aliphatic carbocycles. The summed E-state index contributed by atoms with van der Waals surface area (Å²) in [5.74, 6) is -0.0627. The lowest BCUT2D eigenvalue weighted by molar-refractivity contribution is 0.621. The van der Waals surface area contributed by atoms with Crippen molar-refractivity contribution in [3.8, 4) is 11.4 Å². The van der Waals surface area contributed by atoms with Crippen LogP contribution >= 0.6 is 39.1 Å². The molecule has 0 N–H and O–H groups in total. The van der Waals surface area contributed by atoms with Gasteiger partial charge in [0, 0.05) is 11.1 Å². The van der Waals surface area contributed by atoms with Gasteiger partial charge in [-0.3, -0.25) is 0 Å². The van der Waals surface area contributed by atoms with Crippen molar-refractivity contribution in [2.45, 2.75) is 19.8 Å². The van der Waals surface area contributed by atoms with Crippen LogP contribution < -0.4 is 0 Å². The van der Waals surface area contributed by atoms with E-state index in [1.807, 2.05) is 6.92 Å². The Kier molecular flexibility index (Phi) is 4.76. The third-order valence-corrected chi connectivity index (χ3v) is 3.85. The maximum Gasteiger partial charge on any atom is 0.162 e. The van der Waals surface area contributed by atoms with Gasteiger partial charge < -0.3 is 0 Å². The number of halogens is 4. The Morgan fingerprint density at radius 2 is 1.84 bits per heavy atom. The molecular weight excluding hydrogens is 354 g/mol. The van der Waals surface area contributed by atoms with Crippen LogP contribution in [0.1, 0.15) is 18.9 Å². The van der Waals surface area contributed by atoms with Crippen molar-refractivity contribution >= 4 is 39.1 Å². The summed E-state index contributed by atoms with van der Waals surface area (Å²) in [4.78, 5) is 8.36. The lowest BCUT2D eigenvalue weighted by atomic mass is 10.2. The highest BCUT2D eigenvalue weighted by Crippen LogP contribution is 2.28. The Hall–Kier alpha value is -0.710. The molecule has 0 fully saturated rings. The fourth-order valence-corrected chi connectivity index (χ4v) is 2.47.